The van der Waals surface area contributed by atoms with E-state index in [2.05, 4.69) is 0 Å². The predicted molar refractivity (Wildman–Crippen MR) is 97.5 cm³/mol. The van der Waals surface area contributed by atoms with Gasteiger partial charge >= 0.3 is 0 Å². The fraction of sp³-hybridized carbons (Fsp3) is 0.211. The van der Waals surface area contributed by atoms with E-state index in [-0.39, 0.29) is 5.78 Å². The molecule has 0 aliphatic carbocycles. The predicted octanol–water partition coefficient (Wildman–Crippen LogP) is 4.27. The summed E-state index contributed by atoms with van der Waals surface area (Å²) in [4.78, 5) is 12.4. The first-order chi connectivity index (χ1) is 12.0. The summed E-state index contributed by atoms with van der Waals surface area (Å²) in [6, 6.07) is 8.47. The van der Waals surface area contributed by atoms with E-state index in [4.69, 9.17) is 30.5 Å². The molecule has 0 unspecified atom stereocenters. The summed E-state index contributed by atoms with van der Waals surface area (Å²) < 4.78 is 20.9. The van der Waals surface area contributed by atoms with Gasteiger partial charge in [-0.2, -0.15) is 0 Å². The van der Waals surface area contributed by atoms with Crippen molar-refractivity contribution < 1.29 is 23.7 Å². The monoisotopic (exact) mass is 362 g/mol. The number of benzene rings is 2. The lowest BCUT2D eigenvalue weighted by molar-refractivity contribution is 0.104. The summed E-state index contributed by atoms with van der Waals surface area (Å²) in [5.41, 5.74) is 1.15. The van der Waals surface area contributed by atoms with Gasteiger partial charge in [0.25, 0.3) is 0 Å². The number of carbonyl (C=O) groups excluding carboxylic acids is 1. The van der Waals surface area contributed by atoms with Gasteiger partial charge in [-0.25, -0.2) is 0 Å². The first-order valence-corrected chi connectivity index (χ1v) is 7.78. The first kappa shape index (κ1) is 18.7. The van der Waals surface area contributed by atoms with Crippen molar-refractivity contribution in [2.75, 3.05) is 28.4 Å². The van der Waals surface area contributed by atoms with Crippen LogP contribution in [0.1, 0.15) is 15.9 Å². The number of ether oxygens (including phenoxy) is 4. The molecule has 5 nitrogen and oxygen atoms in total. The zero-order valence-corrected chi connectivity index (χ0v) is 15.2. The van der Waals surface area contributed by atoms with Crippen molar-refractivity contribution in [3.05, 3.63) is 52.6 Å². The van der Waals surface area contributed by atoms with Crippen molar-refractivity contribution in [1.82, 2.24) is 0 Å². The van der Waals surface area contributed by atoms with E-state index in [1.54, 1.807) is 43.5 Å². The van der Waals surface area contributed by atoms with Crippen LogP contribution in [0.15, 0.2) is 36.4 Å². The summed E-state index contributed by atoms with van der Waals surface area (Å²) in [6.07, 6.45) is 3.09. The molecular weight excluding hydrogens is 344 g/mol. The summed E-state index contributed by atoms with van der Waals surface area (Å²) in [5.74, 6) is 1.81. The number of carbonyl (C=O) groups is 1. The van der Waals surface area contributed by atoms with Gasteiger partial charge < -0.3 is 18.9 Å². The molecule has 0 aromatic heterocycles. The number of allylic oxidation sites excluding steroid dienone is 1. The zero-order chi connectivity index (χ0) is 18.4. The van der Waals surface area contributed by atoms with Crippen LogP contribution in [0.2, 0.25) is 5.02 Å². The number of hydrogen-bond donors (Lipinski definition) is 0. The Morgan fingerprint density at radius 3 is 2.12 bits per heavy atom. The molecule has 6 heteroatoms. The molecule has 0 saturated heterocycles. The van der Waals surface area contributed by atoms with E-state index in [9.17, 15) is 4.79 Å². The van der Waals surface area contributed by atoms with Crippen molar-refractivity contribution in [2.24, 2.45) is 0 Å². The highest BCUT2D eigenvalue weighted by Crippen LogP contribution is 2.37. The minimum absolute atomic E-state index is 0.185. The van der Waals surface area contributed by atoms with Crippen molar-refractivity contribution in [2.45, 2.75) is 0 Å². The third-order valence-corrected chi connectivity index (χ3v) is 3.96. The summed E-state index contributed by atoms with van der Waals surface area (Å²) in [7, 11) is 6.09. The summed E-state index contributed by atoms with van der Waals surface area (Å²) in [5, 5.41) is 0.353. The Labute approximate surface area is 151 Å². The van der Waals surface area contributed by atoms with Crippen molar-refractivity contribution in [3.63, 3.8) is 0 Å². The van der Waals surface area contributed by atoms with Crippen LogP contribution in [0, 0.1) is 0 Å². The fourth-order valence-electron chi connectivity index (χ4n) is 2.30. The zero-order valence-electron chi connectivity index (χ0n) is 14.5. The molecule has 0 fully saturated rings. The lowest BCUT2D eigenvalue weighted by atomic mass is 10.1. The van der Waals surface area contributed by atoms with Gasteiger partial charge in [0.1, 0.15) is 16.5 Å². The van der Waals surface area contributed by atoms with E-state index >= 15 is 0 Å². The molecule has 0 aliphatic rings. The molecule has 0 radical (unpaired) electrons. The highest BCUT2D eigenvalue weighted by molar-refractivity contribution is 6.33. The van der Waals surface area contributed by atoms with Crippen LogP contribution in [-0.4, -0.2) is 34.2 Å². The smallest absolute Gasteiger partial charge is 0.185 e. The normalized spacial score (nSPS) is 10.6. The second-order valence-corrected chi connectivity index (χ2v) is 5.35. The third kappa shape index (κ3) is 4.06. The van der Waals surface area contributed by atoms with Gasteiger partial charge in [0.05, 0.1) is 28.4 Å². The molecule has 2 aromatic carbocycles. The fourth-order valence-corrected chi connectivity index (χ4v) is 2.63. The second kappa shape index (κ2) is 8.44. The average Bonchev–Trinajstić information content (AvgIpc) is 2.65. The van der Waals surface area contributed by atoms with Crippen molar-refractivity contribution in [3.8, 4) is 23.0 Å². The largest absolute Gasteiger partial charge is 0.495 e. The Bertz CT molecular complexity index is 799. The van der Waals surface area contributed by atoms with Crippen LogP contribution in [0.4, 0.5) is 0 Å². The quantitative estimate of drug-likeness (QED) is 0.544. The molecule has 0 saturated carbocycles. The molecule has 0 bridgehead atoms. The van der Waals surface area contributed by atoms with Crippen LogP contribution in [0.25, 0.3) is 6.08 Å². The Balaban J connectivity index is 2.30. The maximum Gasteiger partial charge on any atom is 0.185 e. The standard InChI is InChI=1S/C19H19ClO5/c1-22-15-9-7-13(11-17(15)24-3)14(21)8-5-12-6-10-16(23-2)18(20)19(12)25-4/h5-11H,1-4H3/b8-5+. The maximum atomic E-state index is 12.4. The minimum atomic E-state index is -0.185. The van der Waals surface area contributed by atoms with E-state index in [1.165, 1.54) is 27.4 Å². The van der Waals surface area contributed by atoms with Gasteiger partial charge in [-0.3, -0.25) is 4.79 Å². The Kier molecular flexibility index (Phi) is 6.31. The lowest BCUT2D eigenvalue weighted by Crippen LogP contribution is -1.98. The number of ketones is 1. The molecule has 0 amide bonds. The van der Waals surface area contributed by atoms with Crippen LogP contribution < -0.4 is 18.9 Å². The molecule has 2 rings (SSSR count). The minimum Gasteiger partial charge on any atom is -0.495 e. The first-order valence-electron chi connectivity index (χ1n) is 7.40. The third-order valence-electron chi connectivity index (χ3n) is 3.60. The van der Waals surface area contributed by atoms with E-state index < -0.39 is 0 Å². The average molecular weight is 363 g/mol. The van der Waals surface area contributed by atoms with Crippen LogP contribution in [-0.2, 0) is 0 Å². The Morgan fingerprint density at radius 1 is 0.880 bits per heavy atom. The molecule has 0 heterocycles. The maximum absolute atomic E-state index is 12.4. The SMILES string of the molecule is COc1ccc(C(=O)/C=C/c2ccc(OC)c(Cl)c2OC)cc1OC. The summed E-state index contributed by atoms with van der Waals surface area (Å²) >= 11 is 6.22. The second-order valence-electron chi connectivity index (χ2n) is 4.97. The number of halogens is 1. The Morgan fingerprint density at radius 2 is 1.52 bits per heavy atom. The molecule has 0 N–H and O–H groups in total. The molecule has 132 valence electrons. The van der Waals surface area contributed by atoms with Crippen LogP contribution in [0.3, 0.4) is 0 Å². The molecule has 0 atom stereocenters. The van der Waals surface area contributed by atoms with Gasteiger partial charge in [0.15, 0.2) is 17.3 Å². The number of methoxy groups -OCH3 is 4. The van der Waals surface area contributed by atoms with Gasteiger partial charge in [0, 0.05) is 11.1 Å². The highest BCUT2D eigenvalue weighted by atomic mass is 35.5. The van der Waals surface area contributed by atoms with Gasteiger partial charge in [0.2, 0.25) is 0 Å². The van der Waals surface area contributed by atoms with E-state index in [0.717, 1.165) is 0 Å². The highest BCUT2D eigenvalue weighted by Gasteiger charge is 2.12. The topological polar surface area (TPSA) is 54.0 Å². The number of rotatable bonds is 7. The van der Waals surface area contributed by atoms with Crippen LogP contribution in [0.5, 0.6) is 23.0 Å². The number of hydrogen-bond acceptors (Lipinski definition) is 5. The van der Waals surface area contributed by atoms with Gasteiger partial charge in [-0.05, 0) is 42.5 Å². The van der Waals surface area contributed by atoms with E-state index in [1.807, 2.05) is 0 Å². The van der Waals surface area contributed by atoms with Crippen molar-refractivity contribution >= 4 is 23.5 Å². The van der Waals surface area contributed by atoms with Gasteiger partial charge in [-0.15, -0.1) is 0 Å². The summed E-state index contributed by atoms with van der Waals surface area (Å²) in [6.45, 7) is 0. The van der Waals surface area contributed by atoms with Gasteiger partial charge in [-0.1, -0.05) is 11.6 Å². The van der Waals surface area contributed by atoms with Crippen LogP contribution >= 0.6 is 11.6 Å². The molecule has 25 heavy (non-hydrogen) atoms. The molecular formula is C19H19ClO5. The van der Waals surface area contributed by atoms with E-state index in [0.29, 0.717) is 39.1 Å². The molecule has 0 aliphatic heterocycles. The van der Waals surface area contributed by atoms with Crippen molar-refractivity contribution in [1.29, 1.82) is 0 Å². The lowest BCUT2D eigenvalue weighted by Gasteiger charge is -2.10. The Hall–Kier alpha value is -2.66. The molecule has 0 spiro atoms. The molecule has 2 aromatic rings.